The van der Waals surface area contributed by atoms with Gasteiger partial charge in [-0.15, -0.1) is 0 Å². The van der Waals surface area contributed by atoms with E-state index in [1.165, 1.54) is 21.3 Å². The second-order valence-electron chi connectivity index (χ2n) is 15.6. The molecule has 0 bridgehead atoms. The Bertz CT molecular complexity index is 1580. The number of hydrogen-bond acceptors (Lipinski definition) is 10. The molecule has 0 saturated carbocycles. The maximum absolute atomic E-state index is 14.2. The van der Waals surface area contributed by atoms with Crippen LogP contribution in [0.2, 0.25) is 0 Å². The Morgan fingerprint density at radius 2 is 1.58 bits per heavy atom. The van der Waals surface area contributed by atoms with E-state index >= 15 is 0 Å². The Hall–Kier alpha value is -4.40. The molecule has 8 unspecified atom stereocenters. The predicted molar refractivity (Wildman–Crippen MR) is 218 cm³/mol. The molecule has 14 nitrogen and oxygen atoms in total. The van der Waals surface area contributed by atoms with Crippen LogP contribution in [0.15, 0.2) is 54.9 Å². The summed E-state index contributed by atoms with van der Waals surface area (Å²) in [5, 5.41) is 5.73. The summed E-state index contributed by atoms with van der Waals surface area (Å²) in [5.74, 6) is -2.39. The van der Waals surface area contributed by atoms with Gasteiger partial charge in [-0.2, -0.15) is 0 Å². The zero-order valence-electron chi connectivity index (χ0n) is 35.6. The molecule has 2 heterocycles. The lowest BCUT2D eigenvalue weighted by molar-refractivity contribution is -0.148. The van der Waals surface area contributed by atoms with E-state index in [9.17, 15) is 24.0 Å². The second kappa shape index (κ2) is 23.1. The summed E-state index contributed by atoms with van der Waals surface area (Å²) < 4.78 is 16.9. The van der Waals surface area contributed by atoms with Gasteiger partial charge in [0.05, 0.1) is 56.3 Å². The third kappa shape index (κ3) is 13.1. The second-order valence-corrected chi connectivity index (χ2v) is 15.6. The Morgan fingerprint density at radius 1 is 0.912 bits per heavy atom. The van der Waals surface area contributed by atoms with E-state index in [4.69, 9.17) is 14.2 Å². The van der Waals surface area contributed by atoms with Gasteiger partial charge in [0.25, 0.3) is 0 Å². The lowest BCUT2D eigenvalue weighted by Crippen LogP contribution is -2.55. The SMILES string of the molecule is CCC(C)C(C(CC(=O)N1CCCC1C(OC)C(C)C(=O)NC(Cc1ccccc1)C(=O)OC)OC)N(C)C(=O)CNC(=O)C(C(C)C)N(C)Cc1ccncc1. The van der Waals surface area contributed by atoms with E-state index in [-0.39, 0.29) is 54.9 Å². The molecule has 2 aromatic rings. The van der Waals surface area contributed by atoms with Crippen LogP contribution in [-0.2, 0) is 51.1 Å². The third-order valence-electron chi connectivity index (χ3n) is 11.4. The first kappa shape index (κ1) is 47.0. The van der Waals surface area contributed by atoms with E-state index in [2.05, 4.69) is 15.6 Å². The van der Waals surface area contributed by atoms with Gasteiger partial charge in [-0.25, -0.2) is 4.79 Å². The minimum absolute atomic E-state index is 0.000286. The van der Waals surface area contributed by atoms with Gasteiger partial charge < -0.3 is 34.6 Å². The normalized spacial score (nSPS) is 17.9. The zero-order chi connectivity index (χ0) is 42.2. The maximum atomic E-state index is 14.2. The Morgan fingerprint density at radius 3 is 2.16 bits per heavy atom. The number of benzene rings is 1. The van der Waals surface area contributed by atoms with Crippen molar-refractivity contribution >= 4 is 29.6 Å². The standard InChI is InChI=1S/C43H66N6O8/c1-11-29(4)39(48(7)37(51)26-45-42(53)38(28(2)3)47(6)27-32-19-21-44-22-20-32)35(55-8)25-36(50)49-23-15-18-34(49)40(56-9)30(5)41(52)46-33(43(54)57-10)24-31-16-13-12-14-17-31/h12-14,16-17,19-22,28-30,33-35,38-40H,11,15,18,23-27H2,1-10H3,(H,45,53)(H,46,52). The molecular formula is C43H66N6O8. The van der Waals surface area contributed by atoms with Crippen molar-refractivity contribution < 1.29 is 38.2 Å². The molecule has 1 saturated heterocycles. The molecular weight excluding hydrogens is 729 g/mol. The quantitative estimate of drug-likeness (QED) is 0.169. The fourth-order valence-corrected chi connectivity index (χ4v) is 8.09. The summed E-state index contributed by atoms with van der Waals surface area (Å²) in [6.45, 7) is 10.6. The highest BCUT2D eigenvalue weighted by molar-refractivity contribution is 5.88. The maximum Gasteiger partial charge on any atom is 0.328 e. The van der Waals surface area contributed by atoms with E-state index in [0.29, 0.717) is 19.5 Å². The Labute approximate surface area is 339 Å². The first-order valence-electron chi connectivity index (χ1n) is 20.1. The molecule has 316 valence electrons. The molecule has 0 spiro atoms. The molecule has 0 radical (unpaired) electrons. The molecule has 1 aromatic heterocycles. The van der Waals surface area contributed by atoms with Gasteiger partial charge in [-0.3, -0.25) is 29.1 Å². The molecule has 3 rings (SSSR count). The topological polar surface area (TPSA) is 160 Å². The van der Waals surface area contributed by atoms with Gasteiger partial charge in [0, 0.05) is 53.2 Å². The molecule has 14 heteroatoms. The first-order chi connectivity index (χ1) is 27.2. The molecule has 0 aliphatic carbocycles. The van der Waals surface area contributed by atoms with E-state index in [1.807, 2.05) is 82.1 Å². The Balaban J connectivity index is 1.70. The minimum Gasteiger partial charge on any atom is -0.467 e. The summed E-state index contributed by atoms with van der Waals surface area (Å²) >= 11 is 0. The monoisotopic (exact) mass is 794 g/mol. The molecule has 57 heavy (non-hydrogen) atoms. The van der Waals surface area contributed by atoms with Gasteiger partial charge in [0.15, 0.2) is 0 Å². The molecule has 1 aliphatic rings. The van der Waals surface area contributed by atoms with Crippen LogP contribution in [0, 0.1) is 17.8 Å². The average Bonchev–Trinajstić information content (AvgIpc) is 3.69. The van der Waals surface area contributed by atoms with E-state index < -0.39 is 48.3 Å². The van der Waals surface area contributed by atoms with Crippen molar-refractivity contribution in [2.45, 2.75) is 110 Å². The predicted octanol–water partition coefficient (Wildman–Crippen LogP) is 3.48. The molecule has 2 N–H and O–H groups in total. The fraction of sp³-hybridized carbons (Fsp3) is 0.628. The van der Waals surface area contributed by atoms with Crippen molar-refractivity contribution in [3.8, 4) is 0 Å². The van der Waals surface area contributed by atoms with E-state index in [0.717, 1.165) is 24.0 Å². The number of likely N-dealkylation sites (N-methyl/N-ethyl adjacent to an activating group) is 2. The number of pyridine rings is 1. The summed E-state index contributed by atoms with van der Waals surface area (Å²) in [6.07, 6.45) is 4.49. The van der Waals surface area contributed by atoms with Crippen LogP contribution in [0.25, 0.3) is 0 Å². The number of carbonyl (C=O) groups is 5. The highest BCUT2D eigenvalue weighted by Gasteiger charge is 2.42. The number of methoxy groups -OCH3 is 3. The van der Waals surface area contributed by atoms with Crippen molar-refractivity contribution in [1.29, 1.82) is 0 Å². The summed E-state index contributed by atoms with van der Waals surface area (Å²) in [5.41, 5.74) is 1.90. The highest BCUT2D eigenvalue weighted by atomic mass is 16.5. The van der Waals surface area contributed by atoms with Crippen LogP contribution in [0.4, 0.5) is 0 Å². The van der Waals surface area contributed by atoms with Crippen molar-refractivity contribution in [3.05, 3.63) is 66.0 Å². The van der Waals surface area contributed by atoms with Gasteiger partial charge in [0.1, 0.15) is 6.04 Å². The first-order valence-corrected chi connectivity index (χ1v) is 20.1. The fourth-order valence-electron chi connectivity index (χ4n) is 8.09. The van der Waals surface area contributed by atoms with Gasteiger partial charge in [-0.05, 0) is 55.0 Å². The average molecular weight is 795 g/mol. The number of rotatable bonds is 22. The largest absolute Gasteiger partial charge is 0.467 e. The summed E-state index contributed by atoms with van der Waals surface area (Å²) in [6, 6.07) is 11.0. The van der Waals surface area contributed by atoms with Crippen molar-refractivity contribution in [1.82, 2.24) is 30.3 Å². The number of esters is 1. The molecule has 4 amide bonds. The van der Waals surface area contributed by atoms with Crippen LogP contribution in [0.1, 0.15) is 71.4 Å². The van der Waals surface area contributed by atoms with Crippen molar-refractivity contribution in [2.75, 3.05) is 48.5 Å². The highest BCUT2D eigenvalue weighted by Crippen LogP contribution is 2.29. The smallest absolute Gasteiger partial charge is 0.328 e. The number of ether oxygens (including phenoxy) is 3. The third-order valence-corrected chi connectivity index (χ3v) is 11.4. The molecule has 1 fully saturated rings. The van der Waals surface area contributed by atoms with Crippen LogP contribution in [-0.4, -0.2) is 134 Å². The minimum atomic E-state index is -0.894. The van der Waals surface area contributed by atoms with Crippen LogP contribution in [0.3, 0.4) is 0 Å². The number of likely N-dealkylation sites (tertiary alicyclic amines) is 1. The number of amides is 4. The number of aromatic nitrogens is 1. The summed E-state index contributed by atoms with van der Waals surface area (Å²) in [7, 11) is 7.93. The number of nitrogens with zero attached hydrogens (tertiary/aromatic N) is 4. The van der Waals surface area contributed by atoms with Gasteiger partial charge in [-0.1, -0.05) is 71.4 Å². The van der Waals surface area contributed by atoms with Crippen LogP contribution < -0.4 is 10.6 Å². The van der Waals surface area contributed by atoms with E-state index in [1.54, 1.807) is 36.2 Å². The summed E-state index contributed by atoms with van der Waals surface area (Å²) in [4.78, 5) is 77.1. The van der Waals surface area contributed by atoms with Gasteiger partial charge >= 0.3 is 5.97 Å². The van der Waals surface area contributed by atoms with Gasteiger partial charge in [0.2, 0.25) is 23.6 Å². The van der Waals surface area contributed by atoms with Crippen molar-refractivity contribution in [2.24, 2.45) is 17.8 Å². The zero-order valence-corrected chi connectivity index (χ0v) is 35.6. The number of nitrogens with one attached hydrogen (secondary N) is 2. The van der Waals surface area contributed by atoms with Crippen molar-refractivity contribution in [3.63, 3.8) is 0 Å². The van der Waals surface area contributed by atoms with Crippen LogP contribution in [0.5, 0.6) is 0 Å². The molecule has 8 atom stereocenters. The lowest BCUT2D eigenvalue weighted by Gasteiger charge is -2.39. The van der Waals surface area contributed by atoms with Crippen LogP contribution >= 0.6 is 0 Å². The number of carbonyl (C=O) groups excluding carboxylic acids is 5. The number of hydrogen-bond donors (Lipinski definition) is 2. The molecule has 1 aliphatic heterocycles. The Kier molecular flexibility index (Phi) is 19.1. The molecule has 1 aromatic carbocycles. The lowest BCUT2D eigenvalue weighted by atomic mass is 9.90.